The Morgan fingerprint density at radius 1 is 1.60 bits per heavy atom. The molecule has 1 fully saturated rings. The Morgan fingerprint density at radius 2 is 2.45 bits per heavy atom. The number of pyridine rings is 1. The summed E-state index contributed by atoms with van der Waals surface area (Å²) in [5.74, 6) is 0. The number of nitrogens with zero attached hydrogens (tertiary/aromatic N) is 2. The van der Waals surface area contributed by atoms with Crippen molar-refractivity contribution >= 4 is 22.0 Å². The lowest BCUT2D eigenvalue weighted by Gasteiger charge is -2.32. The lowest BCUT2D eigenvalue weighted by atomic mass is 10.1. The molecule has 1 aliphatic heterocycles. The summed E-state index contributed by atoms with van der Waals surface area (Å²) in [4.78, 5) is 18.1. The van der Waals surface area contributed by atoms with Crippen LogP contribution < -0.4 is 5.32 Å². The largest absolute Gasteiger partial charge is 0.450 e. The van der Waals surface area contributed by atoms with Gasteiger partial charge >= 0.3 is 6.09 Å². The van der Waals surface area contributed by atoms with Gasteiger partial charge in [0.2, 0.25) is 0 Å². The number of hydrogen-bond donors (Lipinski definition) is 1. The van der Waals surface area contributed by atoms with Crippen LogP contribution in [0.1, 0.15) is 25.5 Å². The van der Waals surface area contributed by atoms with E-state index in [0.717, 1.165) is 42.6 Å². The standard InChI is InChI=1S/C14H20BrN3O2/c1-2-20-14(19)17-13-4-3-7-18(10-13)9-12-6-5-11(15)8-16-12/h5-6,8,13H,2-4,7,9-10H2,1H3,(H,17,19)/t13-/m0/s1. The number of amides is 1. The molecule has 1 aromatic rings. The average molecular weight is 342 g/mol. The van der Waals surface area contributed by atoms with Crippen molar-refractivity contribution in [2.45, 2.75) is 32.4 Å². The number of piperidine rings is 1. The predicted molar refractivity (Wildman–Crippen MR) is 80.4 cm³/mol. The highest BCUT2D eigenvalue weighted by atomic mass is 79.9. The molecule has 2 rings (SSSR count). The SMILES string of the molecule is CCOC(=O)N[C@H]1CCCN(Cc2ccc(Br)cn2)C1. The lowest BCUT2D eigenvalue weighted by molar-refractivity contribution is 0.132. The topological polar surface area (TPSA) is 54.5 Å². The van der Waals surface area contributed by atoms with Crippen molar-refractivity contribution in [1.29, 1.82) is 0 Å². The minimum absolute atomic E-state index is 0.165. The van der Waals surface area contributed by atoms with Gasteiger partial charge < -0.3 is 10.1 Å². The summed E-state index contributed by atoms with van der Waals surface area (Å²) in [6, 6.07) is 4.19. The van der Waals surface area contributed by atoms with Crippen LogP contribution in [0.25, 0.3) is 0 Å². The summed E-state index contributed by atoms with van der Waals surface area (Å²) < 4.78 is 5.91. The number of halogens is 1. The summed E-state index contributed by atoms with van der Waals surface area (Å²) >= 11 is 3.38. The third-order valence-electron chi connectivity index (χ3n) is 3.28. The maximum atomic E-state index is 11.4. The predicted octanol–water partition coefficient (Wildman–Crippen LogP) is 2.55. The quantitative estimate of drug-likeness (QED) is 0.914. The third-order valence-corrected chi connectivity index (χ3v) is 3.75. The molecule has 0 radical (unpaired) electrons. The fourth-order valence-corrected chi connectivity index (χ4v) is 2.62. The molecule has 2 heterocycles. The second-order valence-electron chi connectivity index (χ2n) is 4.91. The molecular formula is C14H20BrN3O2. The number of rotatable bonds is 4. The highest BCUT2D eigenvalue weighted by Crippen LogP contribution is 2.14. The summed E-state index contributed by atoms with van der Waals surface area (Å²) in [6.07, 6.45) is 3.57. The number of alkyl carbamates (subject to hydrolysis) is 1. The second-order valence-corrected chi connectivity index (χ2v) is 5.82. The molecule has 0 spiro atoms. The fourth-order valence-electron chi connectivity index (χ4n) is 2.39. The Morgan fingerprint density at radius 3 is 3.15 bits per heavy atom. The van der Waals surface area contributed by atoms with Crippen molar-refractivity contribution in [3.05, 3.63) is 28.5 Å². The van der Waals surface area contributed by atoms with E-state index < -0.39 is 0 Å². The molecule has 0 bridgehead atoms. The summed E-state index contributed by atoms with van der Waals surface area (Å²) in [6.45, 7) is 4.92. The number of hydrogen-bond acceptors (Lipinski definition) is 4. The molecule has 6 heteroatoms. The maximum Gasteiger partial charge on any atom is 0.407 e. The summed E-state index contributed by atoms with van der Waals surface area (Å²) in [5.41, 5.74) is 1.05. The number of aromatic nitrogens is 1. The van der Waals surface area contributed by atoms with Gasteiger partial charge in [0.05, 0.1) is 12.3 Å². The first-order valence-electron chi connectivity index (χ1n) is 6.93. The van der Waals surface area contributed by atoms with Gasteiger partial charge in [0.1, 0.15) is 0 Å². The van der Waals surface area contributed by atoms with Crippen LogP contribution in [0.5, 0.6) is 0 Å². The molecule has 1 N–H and O–H groups in total. The van der Waals surface area contributed by atoms with Gasteiger partial charge in [0.25, 0.3) is 0 Å². The Hall–Kier alpha value is -1.14. The molecule has 1 aliphatic rings. The molecule has 0 saturated carbocycles. The Labute approximate surface area is 127 Å². The molecule has 0 aliphatic carbocycles. The number of likely N-dealkylation sites (tertiary alicyclic amines) is 1. The summed E-state index contributed by atoms with van der Waals surface area (Å²) in [7, 11) is 0. The third kappa shape index (κ3) is 4.76. The molecule has 5 nitrogen and oxygen atoms in total. The highest BCUT2D eigenvalue weighted by molar-refractivity contribution is 9.10. The van der Waals surface area contributed by atoms with E-state index in [1.165, 1.54) is 0 Å². The number of carbonyl (C=O) groups is 1. The van der Waals surface area contributed by atoms with Gasteiger partial charge in [-0.3, -0.25) is 9.88 Å². The molecule has 20 heavy (non-hydrogen) atoms. The van der Waals surface area contributed by atoms with E-state index in [9.17, 15) is 4.79 Å². The number of carbonyl (C=O) groups excluding carboxylic acids is 1. The smallest absolute Gasteiger partial charge is 0.407 e. The first kappa shape index (κ1) is 15.3. The molecule has 1 saturated heterocycles. The van der Waals surface area contributed by atoms with E-state index >= 15 is 0 Å². The van der Waals surface area contributed by atoms with Crippen LogP contribution in [0.3, 0.4) is 0 Å². The first-order valence-corrected chi connectivity index (χ1v) is 7.72. The first-order chi connectivity index (χ1) is 9.67. The van der Waals surface area contributed by atoms with Gasteiger partial charge in [-0.15, -0.1) is 0 Å². The molecule has 1 aromatic heterocycles. The van der Waals surface area contributed by atoms with E-state index in [-0.39, 0.29) is 12.1 Å². The normalized spacial score (nSPS) is 19.6. The van der Waals surface area contributed by atoms with Gasteiger partial charge in [-0.05, 0) is 54.4 Å². The van der Waals surface area contributed by atoms with Crippen LogP contribution in [-0.2, 0) is 11.3 Å². The molecule has 1 amide bonds. The van der Waals surface area contributed by atoms with E-state index in [1.54, 1.807) is 0 Å². The zero-order valence-electron chi connectivity index (χ0n) is 11.6. The Balaban J connectivity index is 1.83. The van der Waals surface area contributed by atoms with Crippen LogP contribution in [0, 0.1) is 0 Å². The monoisotopic (exact) mass is 341 g/mol. The molecule has 0 aromatic carbocycles. The highest BCUT2D eigenvalue weighted by Gasteiger charge is 2.22. The molecule has 1 atom stereocenters. The average Bonchev–Trinajstić information content (AvgIpc) is 2.42. The number of ether oxygens (including phenoxy) is 1. The van der Waals surface area contributed by atoms with Crippen molar-refractivity contribution in [2.24, 2.45) is 0 Å². The van der Waals surface area contributed by atoms with Crippen molar-refractivity contribution < 1.29 is 9.53 Å². The van der Waals surface area contributed by atoms with Crippen LogP contribution in [-0.4, -0.2) is 41.7 Å². The van der Waals surface area contributed by atoms with Crippen LogP contribution >= 0.6 is 15.9 Å². The zero-order chi connectivity index (χ0) is 14.4. The van der Waals surface area contributed by atoms with Crippen molar-refractivity contribution in [3.8, 4) is 0 Å². The minimum Gasteiger partial charge on any atom is -0.450 e. The van der Waals surface area contributed by atoms with Crippen molar-refractivity contribution in [3.63, 3.8) is 0 Å². The summed E-state index contributed by atoms with van der Waals surface area (Å²) in [5, 5.41) is 2.91. The lowest BCUT2D eigenvalue weighted by Crippen LogP contribution is -2.47. The van der Waals surface area contributed by atoms with Crippen LogP contribution in [0.2, 0.25) is 0 Å². The van der Waals surface area contributed by atoms with E-state index in [1.807, 2.05) is 25.3 Å². The van der Waals surface area contributed by atoms with Gasteiger partial charge in [-0.2, -0.15) is 0 Å². The minimum atomic E-state index is -0.318. The van der Waals surface area contributed by atoms with E-state index in [2.05, 4.69) is 31.1 Å². The fraction of sp³-hybridized carbons (Fsp3) is 0.571. The maximum absolute atomic E-state index is 11.4. The van der Waals surface area contributed by atoms with Crippen molar-refractivity contribution in [2.75, 3.05) is 19.7 Å². The molecular weight excluding hydrogens is 322 g/mol. The van der Waals surface area contributed by atoms with Crippen LogP contribution in [0.15, 0.2) is 22.8 Å². The van der Waals surface area contributed by atoms with E-state index in [4.69, 9.17) is 4.74 Å². The number of nitrogens with one attached hydrogen (secondary N) is 1. The van der Waals surface area contributed by atoms with Crippen molar-refractivity contribution in [1.82, 2.24) is 15.2 Å². The zero-order valence-corrected chi connectivity index (χ0v) is 13.2. The Bertz CT molecular complexity index is 439. The second kappa shape index (κ2) is 7.59. The van der Waals surface area contributed by atoms with Gasteiger partial charge in [0.15, 0.2) is 0 Å². The Kier molecular flexibility index (Phi) is 5.79. The molecule has 110 valence electrons. The van der Waals surface area contributed by atoms with Gasteiger partial charge in [-0.1, -0.05) is 0 Å². The molecule has 0 unspecified atom stereocenters. The van der Waals surface area contributed by atoms with Gasteiger partial charge in [-0.25, -0.2) is 4.79 Å². The van der Waals surface area contributed by atoms with E-state index in [0.29, 0.717) is 6.61 Å². The van der Waals surface area contributed by atoms with Gasteiger partial charge in [0, 0.05) is 29.8 Å². The van der Waals surface area contributed by atoms with Crippen LogP contribution in [0.4, 0.5) is 4.79 Å².